The van der Waals surface area contributed by atoms with Gasteiger partial charge in [-0.25, -0.2) is 32.4 Å². The number of sulfonamides is 1. The van der Waals surface area contributed by atoms with Crippen molar-refractivity contribution in [2.45, 2.75) is 4.90 Å². The van der Waals surface area contributed by atoms with Gasteiger partial charge in [-0.05, 0) is 48.5 Å². The first-order valence-electron chi connectivity index (χ1n) is 9.08. The van der Waals surface area contributed by atoms with Crippen LogP contribution in [0.2, 0.25) is 5.02 Å². The van der Waals surface area contributed by atoms with E-state index in [9.17, 15) is 22.4 Å². The van der Waals surface area contributed by atoms with E-state index in [-0.39, 0.29) is 38.0 Å². The van der Waals surface area contributed by atoms with Crippen molar-refractivity contribution >= 4 is 62.4 Å². The van der Waals surface area contributed by atoms with Gasteiger partial charge in [-0.1, -0.05) is 23.2 Å². The van der Waals surface area contributed by atoms with Crippen LogP contribution in [0.15, 0.2) is 76.5 Å². The average molecular weight is 508 g/mol. The minimum Gasteiger partial charge on any atom is -0.350 e. The van der Waals surface area contributed by atoms with Gasteiger partial charge < -0.3 is 5.32 Å². The van der Waals surface area contributed by atoms with E-state index in [1.54, 1.807) is 6.07 Å². The average Bonchev–Trinajstić information content (AvgIpc) is 3.00. The molecule has 4 rings (SSSR count). The summed E-state index contributed by atoms with van der Waals surface area (Å²) in [6.07, 6.45) is 2.77. The summed E-state index contributed by atoms with van der Waals surface area (Å²) < 4.78 is 40.6. The van der Waals surface area contributed by atoms with E-state index in [4.69, 9.17) is 23.2 Å². The molecule has 13 heteroatoms. The molecular formula is C20H12Cl2FN5O4S. The second-order valence-electron chi connectivity index (χ2n) is 6.56. The topological polar surface area (TPSA) is 121 Å². The monoisotopic (exact) mass is 507 g/mol. The number of nitrogens with one attached hydrogen (secondary N) is 2. The number of halogens is 3. The van der Waals surface area contributed by atoms with E-state index in [0.29, 0.717) is 0 Å². The van der Waals surface area contributed by atoms with Crippen LogP contribution >= 0.6 is 23.2 Å². The van der Waals surface area contributed by atoms with Crippen molar-refractivity contribution in [3.05, 3.63) is 82.5 Å². The summed E-state index contributed by atoms with van der Waals surface area (Å²) in [6.45, 7) is 0. The normalized spacial score (nSPS) is 14.1. The van der Waals surface area contributed by atoms with E-state index in [1.807, 2.05) is 0 Å². The molecule has 9 nitrogen and oxygen atoms in total. The molecule has 0 saturated heterocycles. The molecule has 33 heavy (non-hydrogen) atoms. The Balaban J connectivity index is 1.53. The maximum absolute atomic E-state index is 13.4. The highest BCUT2D eigenvalue weighted by Crippen LogP contribution is 2.32. The molecule has 3 aromatic rings. The van der Waals surface area contributed by atoms with Gasteiger partial charge in [0.25, 0.3) is 21.8 Å². The highest BCUT2D eigenvalue weighted by Gasteiger charge is 2.39. The van der Waals surface area contributed by atoms with Crippen LogP contribution in [-0.2, 0) is 19.6 Å². The third-order valence-electron chi connectivity index (χ3n) is 4.41. The molecule has 0 fully saturated rings. The second-order valence-corrected chi connectivity index (χ2v) is 9.03. The van der Waals surface area contributed by atoms with Crippen molar-refractivity contribution in [2.75, 3.05) is 14.9 Å². The Labute approximate surface area is 196 Å². The van der Waals surface area contributed by atoms with E-state index in [2.05, 4.69) is 20.0 Å². The fourth-order valence-electron chi connectivity index (χ4n) is 2.86. The van der Waals surface area contributed by atoms with Crippen LogP contribution in [0.3, 0.4) is 0 Å². The molecule has 1 aliphatic heterocycles. The van der Waals surface area contributed by atoms with E-state index < -0.39 is 27.7 Å². The van der Waals surface area contributed by atoms with Gasteiger partial charge in [0, 0.05) is 18.1 Å². The standard InChI is InChI=1S/C20H12Cl2FN5O4S/c21-14-10-12(4-7-15(14)23)28-18(29)16(22)17(19(28)30)26-11-2-5-13(6-3-11)33(31,32)27-20-24-8-1-9-25-20/h1-10,26H,(H,24,25,27). The number of amides is 2. The maximum atomic E-state index is 13.4. The summed E-state index contributed by atoms with van der Waals surface area (Å²) in [6, 6.07) is 10.2. The molecule has 2 aromatic carbocycles. The Kier molecular flexibility index (Phi) is 6.02. The van der Waals surface area contributed by atoms with E-state index >= 15 is 0 Å². The minimum atomic E-state index is -3.95. The van der Waals surface area contributed by atoms with Gasteiger partial charge in [0.1, 0.15) is 16.5 Å². The van der Waals surface area contributed by atoms with Crippen molar-refractivity contribution in [3.63, 3.8) is 0 Å². The highest BCUT2D eigenvalue weighted by atomic mass is 35.5. The number of carbonyl (C=O) groups is 2. The lowest BCUT2D eigenvalue weighted by molar-refractivity contribution is -0.120. The predicted octanol–water partition coefficient (Wildman–Crippen LogP) is 3.51. The number of carbonyl (C=O) groups excluding carboxylic acids is 2. The second kappa shape index (κ2) is 8.77. The first kappa shape index (κ1) is 22.6. The van der Waals surface area contributed by atoms with Crippen LogP contribution < -0.4 is 14.9 Å². The zero-order chi connectivity index (χ0) is 23.8. The van der Waals surface area contributed by atoms with Gasteiger partial charge in [0.05, 0.1) is 15.6 Å². The third kappa shape index (κ3) is 4.51. The lowest BCUT2D eigenvalue weighted by Crippen LogP contribution is -2.32. The van der Waals surface area contributed by atoms with Crippen molar-refractivity contribution in [1.82, 2.24) is 9.97 Å². The van der Waals surface area contributed by atoms with Crippen LogP contribution in [-0.4, -0.2) is 30.2 Å². The Hall–Kier alpha value is -3.54. The van der Waals surface area contributed by atoms with Crippen LogP contribution in [0.5, 0.6) is 0 Å². The van der Waals surface area contributed by atoms with Gasteiger partial charge in [-0.3, -0.25) is 9.59 Å². The van der Waals surface area contributed by atoms with Crippen molar-refractivity contribution in [3.8, 4) is 0 Å². The largest absolute Gasteiger partial charge is 0.350 e. The number of hydrogen-bond acceptors (Lipinski definition) is 7. The fourth-order valence-corrected chi connectivity index (χ4v) is 4.21. The first-order valence-corrected chi connectivity index (χ1v) is 11.3. The zero-order valence-corrected chi connectivity index (χ0v) is 18.6. The molecule has 2 amide bonds. The van der Waals surface area contributed by atoms with Crippen molar-refractivity contribution in [1.29, 1.82) is 0 Å². The molecule has 0 radical (unpaired) electrons. The Morgan fingerprint density at radius 2 is 1.61 bits per heavy atom. The van der Waals surface area contributed by atoms with Gasteiger partial charge in [-0.15, -0.1) is 0 Å². The van der Waals surface area contributed by atoms with Crippen LogP contribution in [0.4, 0.5) is 21.7 Å². The first-order chi connectivity index (χ1) is 15.7. The Bertz CT molecular complexity index is 1400. The molecule has 0 atom stereocenters. The lowest BCUT2D eigenvalue weighted by Gasteiger charge is -2.15. The highest BCUT2D eigenvalue weighted by molar-refractivity contribution is 7.92. The molecule has 168 valence electrons. The number of aromatic nitrogens is 2. The SMILES string of the molecule is O=C1C(Cl)=C(Nc2ccc(S(=O)(=O)Nc3ncccn3)cc2)C(=O)N1c1ccc(F)c(Cl)c1. The van der Waals surface area contributed by atoms with E-state index in [1.165, 1.54) is 42.7 Å². The van der Waals surface area contributed by atoms with Gasteiger partial charge in [-0.2, -0.15) is 0 Å². The van der Waals surface area contributed by atoms with Crippen LogP contribution in [0, 0.1) is 5.82 Å². The zero-order valence-electron chi connectivity index (χ0n) is 16.3. The Morgan fingerprint density at radius 3 is 2.24 bits per heavy atom. The number of nitrogens with zero attached hydrogens (tertiary/aromatic N) is 3. The fraction of sp³-hybridized carbons (Fsp3) is 0. The quantitative estimate of drug-likeness (QED) is 0.489. The molecule has 0 unspecified atom stereocenters. The van der Waals surface area contributed by atoms with Crippen LogP contribution in [0.1, 0.15) is 0 Å². The molecule has 2 heterocycles. The number of imide groups is 1. The minimum absolute atomic E-state index is 0.0435. The van der Waals surface area contributed by atoms with Gasteiger partial charge in [0.15, 0.2) is 0 Å². The smallest absolute Gasteiger partial charge is 0.283 e. The molecule has 0 saturated carbocycles. The molecule has 1 aromatic heterocycles. The Morgan fingerprint density at radius 1 is 0.939 bits per heavy atom. The molecule has 0 bridgehead atoms. The van der Waals surface area contributed by atoms with E-state index in [0.717, 1.165) is 17.0 Å². The number of benzene rings is 2. The summed E-state index contributed by atoms with van der Waals surface area (Å²) in [5.41, 5.74) is 0.105. The predicted molar refractivity (Wildman–Crippen MR) is 120 cm³/mol. The number of anilines is 3. The maximum Gasteiger partial charge on any atom is 0.283 e. The summed E-state index contributed by atoms with van der Waals surface area (Å²) in [4.78, 5) is 33.6. The number of hydrogen-bond donors (Lipinski definition) is 2. The molecule has 2 N–H and O–H groups in total. The lowest BCUT2D eigenvalue weighted by atomic mass is 10.2. The third-order valence-corrected chi connectivity index (χ3v) is 6.40. The van der Waals surface area contributed by atoms with Gasteiger partial charge in [0.2, 0.25) is 5.95 Å². The summed E-state index contributed by atoms with van der Waals surface area (Å²) in [5, 5.41) is 2.06. The number of rotatable bonds is 6. The molecule has 0 spiro atoms. The van der Waals surface area contributed by atoms with Gasteiger partial charge >= 0.3 is 0 Å². The summed E-state index contributed by atoms with van der Waals surface area (Å²) in [7, 11) is -3.95. The van der Waals surface area contributed by atoms with Crippen LogP contribution in [0.25, 0.3) is 0 Å². The van der Waals surface area contributed by atoms with Crippen molar-refractivity contribution in [2.24, 2.45) is 0 Å². The molecule has 1 aliphatic rings. The molecular weight excluding hydrogens is 496 g/mol. The van der Waals surface area contributed by atoms with Crippen molar-refractivity contribution < 1.29 is 22.4 Å². The summed E-state index contributed by atoms with van der Waals surface area (Å²) in [5.74, 6) is -2.40. The molecule has 0 aliphatic carbocycles. The summed E-state index contributed by atoms with van der Waals surface area (Å²) >= 11 is 11.8.